The third kappa shape index (κ3) is 4.78. The van der Waals surface area contributed by atoms with Crippen molar-refractivity contribution in [1.82, 2.24) is 10.2 Å². The van der Waals surface area contributed by atoms with Crippen molar-refractivity contribution in [2.45, 2.75) is 51.7 Å². The van der Waals surface area contributed by atoms with Gasteiger partial charge in [0.05, 0.1) is 0 Å². The first-order chi connectivity index (χ1) is 8.25. The lowest BCUT2D eigenvalue weighted by atomic mass is 10.2. The summed E-state index contributed by atoms with van der Waals surface area (Å²) in [6.45, 7) is 8.08. The molecular weight excluding hydrogens is 228 g/mol. The van der Waals surface area contributed by atoms with Crippen LogP contribution in [0.5, 0.6) is 0 Å². The van der Waals surface area contributed by atoms with Crippen LogP contribution in [0.15, 0.2) is 17.5 Å². The van der Waals surface area contributed by atoms with Gasteiger partial charge in [-0.2, -0.15) is 0 Å². The first-order valence-corrected chi connectivity index (χ1v) is 7.63. The summed E-state index contributed by atoms with van der Waals surface area (Å²) < 4.78 is 0. The van der Waals surface area contributed by atoms with Gasteiger partial charge in [-0.25, -0.2) is 0 Å². The van der Waals surface area contributed by atoms with Crippen molar-refractivity contribution in [2.75, 3.05) is 13.1 Å². The van der Waals surface area contributed by atoms with Gasteiger partial charge in [-0.1, -0.05) is 6.07 Å². The summed E-state index contributed by atoms with van der Waals surface area (Å²) in [5, 5.41) is 5.75. The molecule has 0 aliphatic heterocycles. The Morgan fingerprint density at radius 2 is 2.29 bits per heavy atom. The maximum absolute atomic E-state index is 3.59. The van der Waals surface area contributed by atoms with Gasteiger partial charge >= 0.3 is 0 Å². The predicted octanol–water partition coefficient (Wildman–Crippen LogP) is 3.10. The van der Waals surface area contributed by atoms with E-state index in [1.54, 1.807) is 0 Å². The lowest BCUT2D eigenvalue weighted by Crippen LogP contribution is -2.33. The number of nitrogens with zero attached hydrogens (tertiary/aromatic N) is 1. The van der Waals surface area contributed by atoms with Crippen LogP contribution < -0.4 is 5.32 Å². The van der Waals surface area contributed by atoms with Crippen LogP contribution in [0.3, 0.4) is 0 Å². The molecule has 1 fully saturated rings. The summed E-state index contributed by atoms with van der Waals surface area (Å²) in [5.41, 5.74) is 0. The Morgan fingerprint density at radius 3 is 2.88 bits per heavy atom. The fraction of sp³-hybridized carbons (Fsp3) is 0.714. The average Bonchev–Trinajstić information content (AvgIpc) is 2.98. The zero-order valence-electron chi connectivity index (χ0n) is 11.0. The van der Waals surface area contributed by atoms with Gasteiger partial charge < -0.3 is 5.32 Å². The highest BCUT2D eigenvalue weighted by atomic mass is 32.1. The monoisotopic (exact) mass is 252 g/mol. The largest absolute Gasteiger partial charge is 0.314 e. The molecule has 0 unspecified atom stereocenters. The SMILES string of the molecule is CC(C)N(CCCNC1CC1)Cc1cccs1. The molecule has 1 aliphatic carbocycles. The molecule has 1 aromatic rings. The third-order valence-corrected chi connectivity index (χ3v) is 4.16. The summed E-state index contributed by atoms with van der Waals surface area (Å²) in [4.78, 5) is 4.05. The summed E-state index contributed by atoms with van der Waals surface area (Å²) in [5.74, 6) is 0. The molecule has 0 radical (unpaired) electrons. The van der Waals surface area contributed by atoms with Crippen molar-refractivity contribution in [3.63, 3.8) is 0 Å². The summed E-state index contributed by atoms with van der Waals surface area (Å²) in [7, 11) is 0. The molecule has 0 amide bonds. The van der Waals surface area contributed by atoms with Gasteiger partial charge in [0, 0.05) is 23.5 Å². The Labute approximate surface area is 109 Å². The maximum Gasteiger partial charge on any atom is 0.0330 e. The van der Waals surface area contributed by atoms with E-state index in [-0.39, 0.29) is 0 Å². The van der Waals surface area contributed by atoms with Crippen LogP contribution in [0.2, 0.25) is 0 Å². The van der Waals surface area contributed by atoms with E-state index in [0.717, 1.165) is 12.6 Å². The van der Waals surface area contributed by atoms with Crippen molar-refractivity contribution in [3.05, 3.63) is 22.4 Å². The summed E-state index contributed by atoms with van der Waals surface area (Å²) in [6, 6.07) is 5.87. The van der Waals surface area contributed by atoms with Gasteiger partial charge in [0.2, 0.25) is 0 Å². The molecule has 96 valence electrons. The van der Waals surface area contributed by atoms with E-state index in [0.29, 0.717) is 6.04 Å². The zero-order chi connectivity index (χ0) is 12.1. The molecule has 1 saturated carbocycles. The smallest absolute Gasteiger partial charge is 0.0330 e. The average molecular weight is 252 g/mol. The Morgan fingerprint density at radius 1 is 1.47 bits per heavy atom. The van der Waals surface area contributed by atoms with Gasteiger partial charge in [-0.3, -0.25) is 4.90 Å². The van der Waals surface area contributed by atoms with E-state index in [4.69, 9.17) is 0 Å². The van der Waals surface area contributed by atoms with Crippen LogP contribution in [0.25, 0.3) is 0 Å². The van der Waals surface area contributed by atoms with Crippen molar-refractivity contribution >= 4 is 11.3 Å². The van der Waals surface area contributed by atoms with Gasteiger partial charge in [-0.15, -0.1) is 11.3 Å². The molecule has 0 atom stereocenters. The Hall–Kier alpha value is -0.380. The molecule has 1 aliphatic rings. The van der Waals surface area contributed by atoms with Crippen molar-refractivity contribution in [1.29, 1.82) is 0 Å². The minimum Gasteiger partial charge on any atom is -0.314 e. The molecular formula is C14H24N2S. The summed E-state index contributed by atoms with van der Waals surface area (Å²) in [6.07, 6.45) is 4.05. The number of hydrogen-bond donors (Lipinski definition) is 1. The molecule has 17 heavy (non-hydrogen) atoms. The topological polar surface area (TPSA) is 15.3 Å². The standard InChI is InChI=1S/C14H24N2S/c1-12(2)16(11-14-5-3-10-17-14)9-4-8-15-13-6-7-13/h3,5,10,12-13,15H,4,6-9,11H2,1-2H3. The maximum atomic E-state index is 3.59. The zero-order valence-corrected chi connectivity index (χ0v) is 11.8. The second-order valence-electron chi connectivity index (χ2n) is 5.23. The normalized spacial score (nSPS) is 16.0. The van der Waals surface area contributed by atoms with Crippen molar-refractivity contribution in [2.24, 2.45) is 0 Å². The van der Waals surface area contributed by atoms with E-state index < -0.39 is 0 Å². The van der Waals surface area contributed by atoms with E-state index in [1.165, 1.54) is 37.2 Å². The second kappa shape index (κ2) is 6.53. The Bertz CT molecular complexity index is 304. The summed E-state index contributed by atoms with van der Waals surface area (Å²) >= 11 is 1.87. The van der Waals surface area contributed by atoms with Crippen molar-refractivity contribution in [3.8, 4) is 0 Å². The molecule has 3 heteroatoms. The van der Waals surface area contributed by atoms with Gasteiger partial charge in [-0.05, 0) is 57.6 Å². The highest BCUT2D eigenvalue weighted by Crippen LogP contribution is 2.18. The molecule has 0 bridgehead atoms. The van der Waals surface area contributed by atoms with Crippen LogP contribution >= 0.6 is 11.3 Å². The van der Waals surface area contributed by atoms with E-state index >= 15 is 0 Å². The van der Waals surface area contributed by atoms with Crippen LogP contribution in [0.4, 0.5) is 0 Å². The third-order valence-electron chi connectivity index (χ3n) is 3.30. The molecule has 0 aromatic carbocycles. The molecule has 2 rings (SSSR count). The number of thiophene rings is 1. The van der Waals surface area contributed by atoms with E-state index in [1.807, 2.05) is 11.3 Å². The molecule has 1 aromatic heterocycles. The highest BCUT2D eigenvalue weighted by molar-refractivity contribution is 7.09. The minimum atomic E-state index is 0.637. The molecule has 1 N–H and O–H groups in total. The van der Waals surface area contributed by atoms with Gasteiger partial charge in [0.25, 0.3) is 0 Å². The van der Waals surface area contributed by atoms with Crippen LogP contribution in [0.1, 0.15) is 38.0 Å². The highest BCUT2D eigenvalue weighted by Gasteiger charge is 2.19. The fourth-order valence-corrected chi connectivity index (χ4v) is 2.73. The number of nitrogens with one attached hydrogen (secondary N) is 1. The second-order valence-corrected chi connectivity index (χ2v) is 6.26. The first kappa shape index (κ1) is 13.1. The van der Waals surface area contributed by atoms with Gasteiger partial charge in [0.1, 0.15) is 0 Å². The molecule has 1 heterocycles. The van der Waals surface area contributed by atoms with E-state index in [2.05, 4.69) is 41.6 Å². The first-order valence-electron chi connectivity index (χ1n) is 6.75. The lowest BCUT2D eigenvalue weighted by Gasteiger charge is -2.25. The molecule has 0 spiro atoms. The predicted molar refractivity (Wildman–Crippen MR) is 75.5 cm³/mol. The molecule has 2 nitrogen and oxygen atoms in total. The quantitative estimate of drug-likeness (QED) is 0.715. The van der Waals surface area contributed by atoms with Crippen molar-refractivity contribution < 1.29 is 0 Å². The van der Waals surface area contributed by atoms with Crippen LogP contribution in [-0.4, -0.2) is 30.1 Å². The minimum absolute atomic E-state index is 0.637. The van der Waals surface area contributed by atoms with Crippen LogP contribution in [-0.2, 0) is 6.54 Å². The number of hydrogen-bond acceptors (Lipinski definition) is 3. The number of rotatable bonds is 8. The van der Waals surface area contributed by atoms with Gasteiger partial charge in [0.15, 0.2) is 0 Å². The Kier molecular flexibility index (Phi) is 5.01. The molecule has 0 saturated heterocycles. The Balaban J connectivity index is 1.68. The van der Waals surface area contributed by atoms with Crippen LogP contribution in [0, 0.1) is 0 Å². The fourth-order valence-electron chi connectivity index (χ4n) is 2.00. The van der Waals surface area contributed by atoms with E-state index in [9.17, 15) is 0 Å². The lowest BCUT2D eigenvalue weighted by molar-refractivity contribution is 0.211.